The molecule has 1 aromatic carbocycles. The van der Waals surface area contributed by atoms with Crippen LogP contribution in [0.25, 0.3) is 0 Å². The van der Waals surface area contributed by atoms with E-state index in [0.29, 0.717) is 24.4 Å². The van der Waals surface area contributed by atoms with Gasteiger partial charge in [0.1, 0.15) is 0 Å². The number of likely N-dealkylation sites (tertiary alicyclic amines) is 1. The molecule has 2 heterocycles. The summed E-state index contributed by atoms with van der Waals surface area (Å²) < 4.78 is 11.0. The number of hydrogen-bond acceptors (Lipinski definition) is 6. The Labute approximate surface area is 148 Å². The Hall–Kier alpha value is -1.47. The molecule has 132 valence electrons. The molecule has 2 aromatic rings. The van der Waals surface area contributed by atoms with Crippen molar-refractivity contribution < 1.29 is 9.26 Å². The van der Waals surface area contributed by atoms with E-state index >= 15 is 0 Å². The standard InChI is InChI=1S/C17H24N4O2.ClH/c18-12-17-19-16(20-23-17)13-21-9-6-15(7-10-21)22-11-8-14-4-2-1-3-5-14;/h1-5,15H,6-13,18H2;1H. The van der Waals surface area contributed by atoms with Gasteiger partial charge in [-0.2, -0.15) is 4.98 Å². The largest absolute Gasteiger partial charge is 0.378 e. The van der Waals surface area contributed by atoms with Crippen LogP contribution in [0, 0.1) is 0 Å². The Morgan fingerprint density at radius 3 is 2.62 bits per heavy atom. The number of nitrogens with two attached hydrogens (primary N) is 1. The molecule has 1 fully saturated rings. The van der Waals surface area contributed by atoms with Crippen LogP contribution in [-0.2, 0) is 24.2 Å². The number of halogens is 1. The van der Waals surface area contributed by atoms with Crippen molar-refractivity contribution in [3.8, 4) is 0 Å². The molecule has 0 saturated carbocycles. The lowest BCUT2D eigenvalue weighted by Crippen LogP contribution is -2.37. The van der Waals surface area contributed by atoms with Crippen molar-refractivity contribution in [3.05, 3.63) is 47.6 Å². The van der Waals surface area contributed by atoms with Crippen LogP contribution >= 0.6 is 12.4 Å². The second-order valence-electron chi connectivity index (χ2n) is 5.89. The molecular formula is C17H25ClN4O2. The fraction of sp³-hybridized carbons (Fsp3) is 0.529. The molecule has 0 bridgehead atoms. The monoisotopic (exact) mass is 352 g/mol. The molecule has 0 radical (unpaired) electrons. The summed E-state index contributed by atoms with van der Waals surface area (Å²) in [6.45, 7) is 3.81. The molecule has 1 aromatic heterocycles. The zero-order valence-corrected chi connectivity index (χ0v) is 14.6. The first-order valence-electron chi connectivity index (χ1n) is 8.23. The maximum absolute atomic E-state index is 6.01. The van der Waals surface area contributed by atoms with Crippen molar-refractivity contribution >= 4 is 12.4 Å². The highest BCUT2D eigenvalue weighted by molar-refractivity contribution is 5.85. The first-order chi connectivity index (χ1) is 11.3. The Bertz CT molecular complexity index is 585. The van der Waals surface area contributed by atoms with E-state index in [1.165, 1.54) is 5.56 Å². The number of aromatic nitrogens is 2. The van der Waals surface area contributed by atoms with E-state index in [4.69, 9.17) is 15.0 Å². The minimum absolute atomic E-state index is 0. The van der Waals surface area contributed by atoms with E-state index < -0.39 is 0 Å². The number of nitrogens with zero attached hydrogens (tertiary/aromatic N) is 3. The third kappa shape index (κ3) is 5.56. The van der Waals surface area contributed by atoms with Gasteiger partial charge < -0.3 is 15.0 Å². The molecular weight excluding hydrogens is 328 g/mol. The Kier molecular flexibility index (Phi) is 7.65. The SMILES string of the molecule is Cl.NCc1nc(CN2CCC(OCCc3ccccc3)CC2)no1. The average Bonchev–Trinajstić information content (AvgIpc) is 3.05. The van der Waals surface area contributed by atoms with E-state index in [-0.39, 0.29) is 12.4 Å². The van der Waals surface area contributed by atoms with Gasteiger partial charge in [-0.3, -0.25) is 4.90 Å². The molecule has 2 N–H and O–H groups in total. The highest BCUT2D eigenvalue weighted by atomic mass is 35.5. The van der Waals surface area contributed by atoms with Crippen LogP contribution in [0.1, 0.15) is 30.1 Å². The lowest BCUT2D eigenvalue weighted by atomic mass is 10.1. The maximum Gasteiger partial charge on any atom is 0.240 e. The lowest BCUT2D eigenvalue weighted by molar-refractivity contribution is 0.00680. The topological polar surface area (TPSA) is 77.4 Å². The Morgan fingerprint density at radius 2 is 1.96 bits per heavy atom. The van der Waals surface area contributed by atoms with Crippen LogP contribution in [0.3, 0.4) is 0 Å². The summed E-state index contributed by atoms with van der Waals surface area (Å²) in [4.78, 5) is 6.58. The average molecular weight is 353 g/mol. The maximum atomic E-state index is 6.01. The molecule has 1 saturated heterocycles. The molecule has 0 aliphatic carbocycles. The molecule has 0 unspecified atom stereocenters. The molecule has 3 rings (SSSR count). The van der Waals surface area contributed by atoms with Gasteiger partial charge in [-0.25, -0.2) is 0 Å². The second-order valence-corrected chi connectivity index (χ2v) is 5.89. The van der Waals surface area contributed by atoms with Crippen molar-refractivity contribution in [1.82, 2.24) is 15.0 Å². The summed E-state index contributed by atoms with van der Waals surface area (Å²) in [5, 5.41) is 3.94. The molecule has 1 aliphatic rings. The van der Waals surface area contributed by atoms with Crippen molar-refractivity contribution in [2.75, 3.05) is 19.7 Å². The summed E-state index contributed by atoms with van der Waals surface area (Å²) in [6.07, 6.45) is 3.44. The van der Waals surface area contributed by atoms with Gasteiger partial charge >= 0.3 is 0 Å². The van der Waals surface area contributed by atoms with Crippen LogP contribution in [0.5, 0.6) is 0 Å². The fourth-order valence-electron chi connectivity index (χ4n) is 2.86. The third-order valence-electron chi connectivity index (χ3n) is 4.17. The van der Waals surface area contributed by atoms with Crippen LogP contribution in [0.2, 0.25) is 0 Å². The number of hydrogen-bond donors (Lipinski definition) is 1. The fourth-order valence-corrected chi connectivity index (χ4v) is 2.86. The van der Waals surface area contributed by atoms with Crippen molar-refractivity contribution in [2.45, 2.75) is 38.5 Å². The first kappa shape index (κ1) is 18.9. The van der Waals surface area contributed by atoms with Gasteiger partial charge in [0.25, 0.3) is 0 Å². The van der Waals surface area contributed by atoms with Gasteiger partial charge in [0.05, 0.1) is 25.8 Å². The smallest absolute Gasteiger partial charge is 0.240 e. The van der Waals surface area contributed by atoms with E-state index in [0.717, 1.165) is 45.5 Å². The molecule has 6 nitrogen and oxygen atoms in total. The third-order valence-corrected chi connectivity index (χ3v) is 4.17. The predicted molar refractivity (Wildman–Crippen MR) is 93.8 cm³/mol. The summed E-state index contributed by atoms with van der Waals surface area (Å²) in [5.74, 6) is 1.22. The van der Waals surface area contributed by atoms with Gasteiger partial charge in [-0.1, -0.05) is 35.5 Å². The number of benzene rings is 1. The quantitative estimate of drug-likeness (QED) is 0.822. The Balaban J connectivity index is 0.00000208. The van der Waals surface area contributed by atoms with Gasteiger partial charge in [0, 0.05) is 13.1 Å². The summed E-state index contributed by atoms with van der Waals surface area (Å²) in [5.41, 5.74) is 6.81. The number of piperidine rings is 1. The summed E-state index contributed by atoms with van der Waals surface area (Å²) >= 11 is 0. The minimum atomic E-state index is 0. The predicted octanol–water partition coefficient (Wildman–Crippen LogP) is 2.17. The zero-order chi connectivity index (χ0) is 15.9. The Morgan fingerprint density at radius 1 is 1.21 bits per heavy atom. The van der Waals surface area contributed by atoms with Gasteiger partial charge in [-0.15, -0.1) is 12.4 Å². The minimum Gasteiger partial charge on any atom is -0.378 e. The molecule has 0 spiro atoms. The highest BCUT2D eigenvalue weighted by Crippen LogP contribution is 2.16. The van der Waals surface area contributed by atoms with Crippen LogP contribution in [0.15, 0.2) is 34.9 Å². The molecule has 0 amide bonds. The second kappa shape index (κ2) is 9.74. The van der Waals surface area contributed by atoms with E-state index in [1.54, 1.807) is 0 Å². The molecule has 24 heavy (non-hydrogen) atoms. The molecule has 1 aliphatic heterocycles. The van der Waals surface area contributed by atoms with Gasteiger partial charge in [0.15, 0.2) is 5.82 Å². The van der Waals surface area contributed by atoms with E-state index in [2.05, 4.69) is 39.3 Å². The summed E-state index contributed by atoms with van der Waals surface area (Å²) in [7, 11) is 0. The van der Waals surface area contributed by atoms with Crippen molar-refractivity contribution in [1.29, 1.82) is 0 Å². The normalized spacial score (nSPS) is 16.0. The van der Waals surface area contributed by atoms with Crippen LogP contribution < -0.4 is 5.73 Å². The van der Waals surface area contributed by atoms with Crippen molar-refractivity contribution in [2.24, 2.45) is 5.73 Å². The lowest BCUT2D eigenvalue weighted by Gasteiger charge is -2.31. The van der Waals surface area contributed by atoms with E-state index in [1.807, 2.05) is 6.07 Å². The summed E-state index contributed by atoms with van der Waals surface area (Å²) in [6, 6.07) is 10.5. The number of rotatable bonds is 7. The van der Waals surface area contributed by atoms with Gasteiger partial charge in [0.2, 0.25) is 5.89 Å². The van der Waals surface area contributed by atoms with Gasteiger partial charge in [-0.05, 0) is 24.8 Å². The molecule has 0 atom stereocenters. The van der Waals surface area contributed by atoms with E-state index in [9.17, 15) is 0 Å². The van der Waals surface area contributed by atoms with Crippen LogP contribution in [0.4, 0.5) is 0 Å². The highest BCUT2D eigenvalue weighted by Gasteiger charge is 2.21. The first-order valence-corrected chi connectivity index (χ1v) is 8.23. The van der Waals surface area contributed by atoms with Crippen molar-refractivity contribution in [3.63, 3.8) is 0 Å². The zero-order valence-electron chi connectivity index (χ0n) is 13.8. The van der Waals surface area contributed by atoms with Crippen LogP contribution in [-0.4, -0.2) is 40.8 Å². The molecule has 7 heteroatoms. The number of ether oxygens (including phenoxy) is 1.